The van der Waals surface area contributed by atoms with Gasteiger partial charge in [-0.2, -0.15) is 0 Å². The Morgan fingerprint density at radius 3 is 2.60 bits per heavy atom. The van der Waals surface area contributed by atoms with Crippen molar-refractivity contribution in [1.82, 2.24) is 4.90 Å². The lowest BCUT2D eigenvalue weighted by atomic mass is 9.75. The fourth-order valence-corrected chi connectivity index (χ4v) is 5.04. The number of benzene rings is 1. The van der Waals surface area contributed by atoms with E-state index >= 15 is 0 Å². The van der Waals surface area contributed by atoms with E-state index in [9.17, 15) is 14.9 Å². The van der Waals surface area contributed by atoms with E-state index in [0.717, 1.165) is 17.7 Å². The van der Waals surface area contributed by atoms with E-state index in [1.54, 1.807) is 13.0 Å². The Morgan fingerprint density at radius 1 is 1.14 bits per heavy atom. The van der Waals surface area contributed by atoms with Crippen LogP contribution in [0.25, 0.3) is 6.08 Å². The molecule has 0 saturated carbocycles. The molecular formula is C27H33N3O5. The van der Waals surface area contributed by atoms with Crippen LogP contribution in [0.3, 0.4) is 0 Å². The van der Waals surface area contributed by atoms with Crippen LogP contribution in [0.5, 0.6) is 5.75 Å². The van der Waals surface area contributed by atoms with Gasteiger partial charge in [-0.3, -0.25) is 14.9 Å². The molecule has 0 fully saturated rings. The fraction of sp³-hybridized carbons (Fsp3) is 0.444. The van der Waals surface area contributed by atoms with E-state index in [1.165, 1.54) is 12.1 Å². The quantitative estimate of drug-likeness (QED) is 0.257. The van der Waals surface area contributed by atoms with Gasteiger partial charge in [0, 0.05) is 36.4 Å². The minimum atomic E-state index is -0.845. The zero-order valence-electron chi connectivity index (χ0n) is 20.7. The van der Waals surface area contributed by atoms with Gasteiger partial charge in [0.15, 0.2) is 0 Å². The monoisotopic (exact) mass is 479 g/mol. The molecule has 2 heterocycles. The van der Waals surface area contributed by atoms with Crippen LogP contribution in [0.2, 0.25) is 0 Å². The molecule has 1 aromatic rings. The standard InChI is InChI=1S/C27H33N3O5/c1-5-34-24(31)8-6-7-17-29-22-13-15-26(4,28)14-12-21(22)25(2,3)27(29)16-11-19-18-20(30(32)33)9-10-23(19)35-27/h9-16,18H,5-8,17,28H2,1-4H3. The molecule has 8 nitrogen and oxygen atoms in total. The number of fused-ring (bicyclic) bond motifs is 1. The van der Waals surface area contributed by atoms with Gasteiger partial charge in [0.2, 0.25) is 5.72 Å². The third-order valence-corrected chi connectivity index (χ3v) is 7.02. The molecular weight excluding hydrogens is 446 g/mol. The molecule has 186 valence electrons. The number of nitro benzene ring substituents is 1. The van der Waals surface area contributed by atoms with Crippen LogP contribution in [0, 0.1) is 15.5 Å². The van der Waals surface area contributed by atoms with Gasteiger partial charge in [0.25, 0.3) is 5.69 Å². The van der Waals surface area contributed by atoms with Crippen molar-refractivity contribution in [1.29, 1.82) is 0 Å². The average Bonchev–Trinajstić information content (AvgIpc) is 2.88. The van der Waals surface area contributed by atoms with Crippen molar-refractivity contribution in [2.45, 2.75) is 58.2 Å². The van der Waals surface area contributed by atoms with Crippen LogP contribution < -0.4 is 10.5 Å². The van der Waals surface area contributed by atoms with Crippen molar-refractivity contribution in [3.8, 4) is 5.75 Å². The van der Waals surface area contributed by atoms with Crippen molar-refractivity contribution < 1.29 is 19.2 Å². The normalized spacial score (nSPS) is 25.8. The van der Waals surface area contributed by atoms with Crippen LogP contribution in [0.1, 0.15) is 52.5 Å². The number of esters is 1. The molecule has 0 radical (unpaired) electrons. The fourth-order valence-electron chi connectivity index (χ4n) is 5.04. The number of hydrogen-bond acceptors (Lipinski definition) is 7. The number of non-ortho nitro benzene ring substituents is 1. The first-order valence-electron chi connectivity index (χ1n) is 12.0. The summed E-state index contributed by atoms with van der Waals surface area (Å²) in [7, 11) is 0. The highest BCUT2D eigenvalue weighted by molar-refractivity contribution is 5.69. The minimum absolute atomic E-state index is 0.0245. The number of ether oxygens (including phenoxy) is 2. The van der Waals surface area contributed by atoms with Crippen LogP contribution in [0.15, 0.2) is 59.8 Å². The highest BCUT2D eigenvalue weighted by atomic mass is 16.6. The third kappa shape index (κ3) is 4.38. The molecule has 0 aromatic heterocycles. The van der Waals surface area contributed by atoms with Crippen molar-refractivity contribution in [3.05, 3.63) is 75.5 Å². The second kappa shape index (κ2) is 9.00. The smallest absolute Gasteiger partial charge is 0.305 e. The van der Waals surface area contributed by atoms with E-state index in [2.05, 4.69) is 30.9 Å². The van der Waals surface area contributed by atoms with Gasteiger partial charge in [0.1, 0.15) is 5.75 Å². The van der Waals surface area contributed by atoms with Crippen molar-refractivity contribution in [3.63, 3.8) is 0 Å². The number of hydrogen-bond donors (Lipinski definition) is 1. The Balaban J connectivity index is 1.70. The molecule has 8 heteroatoms. The number of allylic oxidation sites excluding steroid dienone is 2. The van der Waals surface area contributed by atoms with Crippen LogP contribution in [-0.2, 0) is 9.53 Å². The number of nitrogens with zero attached hydrogens (tertiary/aromatic N) is 2. The van der Waals surface area contributed by atoms with Crippen LogP contribution in [0.4, 0.5) is 5.69 Å². The minimum Gasteiger partial charge on any atom is -0.466 e. The highest BCUT2D eigenvalue weighted by Crippen LogP contribution is 2.56. The van der Waals surface area contributed by atoms with E-state index in [1.807, 2.05) is 31.2 Å². The number of carbonyl (C=O) groups is 1. The molecule has 2 unspecified atom stereocenters. The lowest BCUT2D eigenvalue weighted by molar-refractivity contribution is -0.384. The van der Waals surface area contributed by atoms with Crippen LogP contribution in [-0.4, -0.2) is 40.2 Å². The molecule has 3 aliphatic rings. The SMILES string of the molecule is CCOC(=O)CCCCN1C2=C(C=CC(C)(N)C=C2)C(C)(C)C12C=Cc1cc([N+](=O)[O-])ccc1O2. The molecule has 2 aliphatic heterocycles. The Bertz CT molecular complexity index is 1160. The molecule has 1 aromatic carbocycles. The van der Waals surface area contributed by atoms with E-state index in [4.69, 9.17) is 15.2 Å². The zero-order valence-corrected chi connectivity index (χ0v) is 20.7. The summed E-state index contributed by atoms with van der Waals surface area (Å²) in [6, 6.07) is 4.66. The first-order valence-corrected chi connectivity index (χ1v) is 12.0. The summed E-state index contributed by atoms with van der Waals surface area (Å²) >= 11 is 0. The summed E-state index contributed by atoms with van der Waals surface area (Å²) in [5.41, 5.74) is 7.33. The number of nitro groups is 1. The molecule has 4 rings (SSSR count). The molecule has 0 saturated heterocycles. The number of unbranched alkanes of at least 4 members (excludes halogenated alkanes) is 1. The van der Waals surface area contributed by atoms with Gasteiger partial charge >= 0.3 is 5.97 Å². The molecule has 2 N–H and O–H groups in total. The van der Waals surface area contributed by atoms with E-state index in [0.29, 0.717) is 37.3 Å². The lowest BCUT2D eigenvalue weighted by Crippen LogP contribution is -2.57. The summed E-state index contributed by atoms with van der Waals surface area (Å²) in [5, 5.41) is 11.3. The molecule has 2 atom stereocenters. The molecule has 35 heavy (non-hydrogen) atoms. The Morgan fingerprint density at radius 2 is 1.89 bits per heavy atom. The maximum absolute atomic E-state index is 11.8. The number of carbonyl (C=O) groups excluding carboxylic acids is 1. The Kier molecular flexibility index (Phi) is 6.36. The third-order valence-electron chi connectivity index (χ3n) is 7.02. The summed E-state index contributed by atoms with van der Waals surface area (Å²) in [6.07, 6.45) is 13.8. The molecule has 0 amide bonds. The Labute approximate surface area is 205 Å². The predicted molar refractivity (Wildman–Crippen MR) is 134 cm³/mol. The van der Waals surface area contributed by atoms with Gasteiger partial charge < -0.3 is 20.1 Å². The van der Waals surface area contributed by atoms with Gasteiger partial charge in [-0.05, 0) is 70.4 Å². The maximum Gasteiger partial charge on any atom is 0.305 e. The molecule has 1 aliphatic carbocycles. The predicted octanol–water partition coefficient (Wildman–Crippen LogP) is 4.87. The van der Waals surface area contributed by atoms with E-state index in [-0.39, 0.29) is 11.7 Å². The first kappa shape index (κ1) is 24.7. The summed E-state index contributed by atoms with van der Waals surface area (Å²) < 4.78 is 11.8. The van der Waals surface area contributed by atoms with Crippen molar-refractivity contribution in [2.75, 3.05) is 13.2 Å². The largest absolute Gasteiger partial charge is 0.466 e. The summed E-state index contributed by atoms with van der Waals surface area (Å²) in [4.78, 5) is 24.9. The average molecular weight is 480 g/mol. The van der Waals surface area contributed by atoms with Crippen molar-refractivity contribution >= 4 is 17.7 Å². The number of rotatable bonds is 7. The second-order valence-electron chi connectivity index (χ2n) is 9.98. The zero-order chi connectivity index (χ0) is 25.4. The summed E-state index contributed by atoms with van der Waals surface area (Å²) in [5.74, 6) is 0.404. The first-order chi connectivity index (χ1) is 16.5. The van der Waals surface area contributed by atoms with E-state index < -0.39 is 21.6 Å². The molecule has 1 spiro atoms. The maximum atomic E-state index is 11.8. The Hall–Kier alpha value is -3.39. The highest BCUT2D eigenvalue weighted by Gasteiger charge is 2.59. The topological polar surface area (TPSA) is 108 Å². The van der Waals surface area contributed by atoms with Gasteiger partial charge in [-0.25, -0.2) is 0 Å². The lowest BCUT2D eigenvalue weighted by Gasteiger charge is -2.48. The number of nitrogens with two attached hydrogens (primary N) is 1. The second-order valence-corrected chi connectivity index (χ2v) is 9.98. The summed E-state index contributed by atoms with van der Waals surface area (Å²) in [6.45, 7) is 9.06. The van der Waals surface area contributed by atoms with Gasteiger partial charge in [0.05, 0.1) is 22.5 Å². The van der Waals surface area contributed by atoms with Gasteiger partial charge in [-0.1, -0.05) is 18.2 Å². The molecule has 0 bridgehead atoms. The van der Waals surface area contributed by atoms with Crippen molar-refractivity contribution in [2.24, 2.45) is 11.1 Å². The van der Waals surface area contributed by atoms with Crippen LogP contribution >= 0.6 is 0 Å². The van der Waals surface area contributed by atoms with Gasteiger partial charge in [-0.15, -0.1) is 0 Å².